The highest BCUT2D eigenvalue weighted by Crippen LogP contribution is 2.16. The number of nitriles is 1. The van der Waals surface area contributed by atoms with Gasteiger partial charge in [0.25, 0.3) is 5.56 Å². The van der Waals surface area contributed by atoms with Crippen molar-refractivity contribution in [3.8, 4) is 6.07 Å². The summed E-state index contributed by atoms with van der Waals surface area (Å²) in [5.74, 6) is -0.256. The predicted molar refractivity (Wildman–Crippen MR) is 100 cm³/mol. The lowest BCUT2D eigenvalue weighted by atomic mass is 10.0. The Morgan fingerprint density at radius 3 is 2.68 bits per heavy atom. The van der Waals surface area contributed by atoms with Gasteiger partial charge in [-0.15, -0.1) is 0 Å². The van der Waals surface area contributed by atoms with Crippen molar-refractivity contribution in [2.24, 2.45) is 0 Å². The van der Waals surface area contributed by atoms with E-state index in [9.17, 15) is 9.59 Å². The van der Waals surface area contributed by atoms with Crippen molar-refractivity contribution in [1.29, 1.82) is 5.26 Å². The van der Waals surface area contributed by atoms with E-state index in [1.54, 1.807) is 12.3 Å². The molecule has 0 unspecified atom stereocenters. The summed E-state index contributed by atoms with van der Waals surface area (Å²) in [4.78, 5) is 24.6. The van der Waals surface area contributed by atoms with E-state index >= 15 is 0 Å². The third kappa shape index (κ3) is 4.80. The molecule has 5 nitrogen and oxygen atoms in total. The van der Waals surface area contributed by atoms with Crippen LogP contribution in [0.25, 0.3) is 0 Å². The molecule has 0 aliphatic heterocycles. The topological polar surface area (TPSA) is 74.9 Å². The summed E-state index contributed by atoms with van der Waals surface area (Å²) in [7, 11) is 0. The van der Waals surface area contributed by atoms with Gasteiger partial charge in [0.1, 0.15) is 6.54 Å². The molecule has 0 saturated carbocycles. The van der Waals surface area contributed by atoms with Crippen LogP contribution in [0.15, 0.2) is 39.7 Å². The molecule has 1 aromatic carbocycles. The lowest BCUT2D eigenvalue weighted by Gasteiger charge is -2.16. The number of pyridine rings is 1. The van der Waals surface area contributed by atoms with Gasteiger partial charge in [0.05, 0.1) is 18.5 Å². The molecule has 130 valence electrons. The van der Waals surface area contributed by atoms with Crippen LogP contribution in [0.5, 0.6) is 0 Å². The number of rotatable bonds is 5. The van der Waals surface area contributed by atoms with Crippen LogP contribution in [0, 0.1) is 25.2 Å². The van der Waals surface area contributed by atoms with Gasteiger partial charge in [-0.05, 0) is 59.5 Å². The Bertz CT molecular complexity index is 897. The fourth-order valence-electron chi connectivity index (χ4n) is 2.55. The summed E-state index contributed by atoms with van der Waals surface area (Å²) >= 11 is 3.31. The maximum absolute atomic E-state index is 12.3. The smallest absolute Gasteiger partial charge is 0.255 e. The Kier molecular flexibility index (Phi) is 6.16. The van der Waals surface area contributed by atoms with Gasteiger partial charge in [0.2, 0.25) is 5.91 Å². The molecule has 1 heterocycles. The fraction of sp³-hybridized carbons (Fsp3) is 0.316. The van der Waals surface area contributed by atoms with Crippen molar-refractivity contribution in [2.45, 2.75) is 39.8 Å². The first-order chi connectivity index (χ1) is 11.8. The highest BCUT2D eigenvalue weighted by Gasteiger charge is 2.13. The van der Waals surface area contributed by atoms with Crippen molar-refractivity contribution in [3.05, 3.63) is 67.5 Å². The molecule has 0 aliphatic rings. The molecular weight excluding hydrogens is 382 g/mol. The van der Waals surface area contributed by atoms with Crippen LogP contribution in [0.1, 0.15) is 35.2 Å². The second-order valence-corrected chi connectivity index (χ2v) is 7.00. The van der Waals surface area contributed by atoms with E-state index in [0.717, 1.165) is 5.56 Å². The minimum absolute atomic E-state index is 0.0128. The van der Waals surface area contributed by atoms with Gasteiger partial charge in [0.15, 0.2) is 0 Å². The van der Waals surface area contributed by atoms with Crippen molar-refractivity contribution in [3.63, 3.8) is 0 Å². The highest BCUT2D eigenvalue weighted by atomic mass is 79.9. The molecule has 6 heteroatoms. The number of amides is 1. The van der Waals surface area contributed by atoms with Gasteiger partial charge in [0, 0.05) is 16.2 Å². The molecule has 0 fully saturated rings. The number of hydrogen-bond donors (Lipinski definition) is 1. The molecule has 0 saturated heterocycles. The average molecular weight is 402 g/mol. The molecule has 1 atom stereocenters. The Morgan fingerprint density at radius 1 is 1.32 bits per heavy atom. The number of carbonyl (C=O) groups excluding carboxylic acids is 1. The third-order valence-electron chi connectivity index (χ3n) is 4.12. The Hall–Kier alpha value is -2.39. The molecule has 2 aromatic rings. The van der Waals surface area contributed by atoms with Gasteiger partial charge in [-0.25, -0.2) is 0 Å². The zero-order valence-electron chi connectivity index (χ0n) is 14.5. The minimum atomic E-state index is -0.321. The number of aryl methyl sites for hydroxylation is 2. The largest absolute Gasteiger partial charge is 0.348 e. The van der Waals surface area contributed by atoms with Crippen LogP contribution in [0.3, 0.4) is 0 Å². The molecule has 25 heavy (non-hydrogen) atoms. The first-order valence-corrected chi connectivity index (χ1v) is 8.73. The molecule has 1 N–H and O–H groups in total. The number of halogens is 1. The summed E-state index contributed by atoms with van der Waals surface area (Å²) in [6.07, 6.45) is 1.57. The SMILES string of the molecule is Cc1ccc([C@H](C)NC(=O)Cn2cc(Br)cc(CC#N)c2=O)cc1C. The van der Waals surface area contributed by atoms with Crippen LogP contribution in [0.2, 0.25) is 0 Å². The zero-order valence-corrected chi connectivity index (χ0v) is 16.1. The second kappa shape index (κ2) is 8.13. The monoisotopic (exact) mass is 401 g/mol. The van der Waals surface area contributed by atoms with E-state index in [-0.39, 0.29) is 30.5 Å². The average Bonchev–Trinajstić information content (AvgIpc) is 2.54. The lowest BCUT2D eigenvalue weighted by Crippen LogP contribution is -2.34. The molecule has 0 bridgehead atoms. The Morgan fingerprint density at radius 2 is 2.04 bits per heavy atom. The maximum atomic E-state index is 12.3. The number of aromatic nitrogens is 1. The normalized spacial score (nSPS) is 11.6. The second-order valence-electron chi connectivity index (χ2n) is 6.08. The highest BCUT2D eigenvalue weighted by molar-refractivity contribution is 9.10. The van der Waals surface area contributed by atoms with Crippen molar-refractivity contribution in [1.82, 2.24) is 9.88 Å². The van der Waals surface area contributed by atoms with Gasteiger partial charge in [-0.3, -0.25) is 9.59 Å². The van der Waals surface area contributed by atoms with Crippen LogP contribution in [-0.2, 0) is 17.8 Å². The summed E-state index contributed by atoms with van der Waals surface area (Å²) in [5.41, 5.74) is 3.43. The summed E-state index contributed by atoms with van der Waals surface area (Å²) in [6, 6.07) is 9.48. The van der Waals surface area contributed by atoms with Gasteiger partial charge >= 0.3 is 0 Å². The van der Waals surface area contributed by atoms with E-state index in [1.165, 1.54) is 15.7 Å². The number of hydrogen-bond acceptors (Lipinski definition) is 3. The van der Waals surface area contributed by atoms with E-state index in [1.807, 2.05) is 39.0 Å². The van der Waals surface area contributed by atoms with Gasteiger partial charge < -0.3 is 9.88 Å². The van der Waals surface area contributed by atoms with Crippen molar-refractivity contribution < 1.29 is 4.79 Å². The van der Waals surface area contributed by atoms with E-state index in [4.69, 9.17) is 5.26 Å². The van der Waals surface area contributed by atoms with E-state index < -0.39 is 0 Å². The molecule has 1 aromatic heterocycles. The van der Waals surface area contributed by atoms with Gasteiger partial charge in [-0.1, -0.05) is 18.2 Å². The molecule has 0 radical (unpaired) electrons. The molecule has 2 rings (SSSR count). The quantitative estimate of drug-likeness (QED) is 0.835. The molecular formula is C19H20BrN3O2. The molecule has 0 spiro atoms. The van der Waals surface area contributed by atoms with Crippen LogP contribution < -0.4 is 10.9 Å². The zero-order chi connectivity index (χ0) is 18.6. The summed E-state index contributed by atoms with van der Waals surface area (Å²) < 4.78 is 1.98. The van der Waals surface area contributed by atoms with Crippen molar-refractivity contribution in [2.75, 3.05) is 0 Å². The predicted octanol–water partition coefficient (Wildman–Crippen LogP) is 3.17. The number of nitrogens with zero attached hydrogens (tertiary/aromatic N) is 2. The summed E-state index contributed by atoms with van der Waals surface area (Å²) in [6.45, 7) is 5.89. The maximum Gasteiger partial charge on any atom is 0.255 e. The first kappa shape index (κ1) is 18.9. The van der Waals surface area contributed by atoms with Crippen LogP contribution in [-0.4, -0.2) is 10.5 Å². The van der Waals surface area contributed by atoms with Crippen LogP contribution in [0.4, 0.5) is 0 Å². The number of nitrogens with one attached hydrogen (secondary N) is 1. The fourth-order valence-corrected chi connectivity index (χ4v) is 3.07. The molecule has 1 amide bonds. The minimum Gasteiger partial charge on any atom is -0.348 e. The number of benzene rings is 1. The molecule has 0 aliphatic carbocycles. The van der Waals surface area contributed by atoms with Crippen molar-refractivity contribution >= 4 is 21.8 Å². The van der Waals surface area contributed by atoms with E-state index in [2.05, 4.69) is 27.3 Å². The lowest BCUT2D eigenvalue weighted by molar-refractivity contribution is -0.122. The van der Waals surface area contributed by atoms with E-state index in [0.29, 0.717) is 10.0 Å². The standard InChI is InChI=1S/C19H20BrN3O2/c1-12-4-5-15(8-13(12)2)14(3)22-18(24)11-23-10-17(20)9-16(6-7-21)19(23)25/h4-5,8-10,14H,6,11H2,1-3H3,(H,22,24)/t14-/m0/s1. The third-order valence-corrected chi connectivity index (χ3v) is 4.55. The Balaban J connectivity index is 2.13. The van der Waals surface area contributed by atoms with Crippen LogP contribution >= 0.6 is 15.9 Å². The first-order valence-electron chi connectivity index (χ1n) is 7.94. The van der Waals surface area contributed by atoms with Gasteiger partial charge in [-0.2, -0.15) is 5.26 Å². The summed E-state index contributed by atoms with van der Waals surface area (Å²) in [5, 5.41) is 11.7. The number of carbonyl (C=O) groups is 1. The Labute approximate surface area is 155 Å².